The van der Waals surface area contributed by atoms with E-state index in [4.69, 9.17) is 0 Å². The number of benzene rings is 3. The van der Waals surface area contributed by atoms with Crippen LogP contribution in [0.3, 0.4) is 0 Å². The van der Waals surface area contributed by atoms with Crippen LogP contribution in [0.25, 0.3) is 0 Å². The Balaban J connectivity index is 1.91. The summed E-state index contributed by atoms with van der Waals surface area (Å²) in [7, 11) is 0. The van der Waals surface area contributed by atoms with Crippen LogP contribution in [0.5, 0.6) is 0 Å². The van der Waals surface area contributed by atoms with Crippen LogP contribution in [0, 0.1) is 20.2 Å². The average Bonchev–Trinajstić information content (AvgIpc) is 2.93. The summed E-state index contributed by atoms with van der Waals surface area (Å²) in [6, 6.07) is 15.7. The maximum atomic E-state index is 11.8. The number of hydrogen-bond donors (Lipinski definition) is 6. The number of anilines is 6. The average molecular weight is 557 g/mol. The van der Waals surface area contributed by atoms with Gasteiger partial charge in [-0.2, -0.15) is 0 Å². The lowest BCUT2D eigenvalue weighted by Crippen LogP contribution is -2.29. The van der Waals surface area contributed by atoms with Gasteiger partial charge in [-0.3, -0.25) is 20.2 Å². The van der Waals surface area contributed by atoms with Gasteiger partial charge in [0.2, 0.25) is 0 Å². The van der Waals surface area contributed by atoms with Crippen molar-refractivity contribution < 1.29 is 30.3 Å². The molecule has 14 nitrogen and oxygen atoms in total. The molecule has 3 rings (SSSR count). The van der Waals surface area contributed by atoms with Crippen LogP contribution in [-0.2, 0) is 0 Å². The molecule has 14 heteroatoms. The number of nitrogens with zero attached hydrogens (tertiary/aromatic N) is 4. The van der Waals surface area contributed by atoms with E-state index >= 15 is 0 Å². The molecule has 0 aliphatic heterocycles. The molecule has 6 N–H and O–H groups in total. The monoisotopic (exact) mass is 556 g/mol. The minimum atomic E-state index is -0.705. The standard InChI is InChI=1S/C26H32N6O8/c33-13-9-29(10-14-34)21-5-1-19(2-6-21)27-23-17-24(26(32(39)40)18-25(23)31(37)38)28-20-3-7-22(8-4-20)30(11-15-35)12-16-36/h1-8,17-18,27-28,33-36H,9-16H2. The first-order chi connectivity index (χ1) is 19.3. The van der Waals surface area contributed by atoms with Crippen molar-refractivity contribution in [3.63, 3.8) is 0 Å². The van der Waals surface area contributed by atoms with Crippen LogP contribution in [0.15, 0.2) is 60.7 Å². The van der Waals surface area contributed by atoms with E-state index in [-0.39, 0.29) is 37.8 Å². The molecule has 0 aliphatic carbocycles. The van der Waals surface area contributed by atoms with Gasteiger partial charge < -0.3 is 40.9 Å². The first-order valence-corrected chi connectivity index (χ1v) is 12.5. The summed E-state index contributed by atoms with van der Waals surface area (Å²) in [5.41, 5.74) is 1.52. The fraction of sp³-hybridized carbons (Fsp3) is 0.308. The minimum Gasteiger partial charge on any atom is -0.395 e. The maximum absolute atomic E-state index is 11.8. The van der Waals surface area contributed by atoms with E-state index in [2.05, 4.69) is 10.6 Å². The lowest BCUT2D eigenvalue weighted by atomic mass is 10.1. The van der Waals surface area contributed by atoms with Crippen molar-refractivity contribution in [2.45, 2.75) is 0 Å². The van der Waals surface area contributed by atoms with Crippen molar-refractivity contribution in [1.82, 2.24) is 0 Å². The Bertz CT molecular complexity index is 1170. The maximum Gasteiger partial charge on any atom is 0.299 e. The molecule has 0 saturated carbocycles. The summed E-state index contributed by atoms with van der Waals surface area (Å²) in [6.07, 6.45) is 0. The van der Waals surface area contributed by atoms with Crippen molar-refractivity contribution in [2.75, 3.05) is 73.0 Å². The molecule has 0 unspecified atom stereocenters. The molecule has 0 spiro atoms. The van der Waals surface area contributed by atoms with E-state index in [0.717, 1.165) is 17.4 Å². The number of hydrogen-bond acceptors (Lipinski definition) is 12. The Labute approximate surface area is 230 Å². The SMILES string of the molecule is O=[N+]([O-])c1cc([N+](=O)[O-])c(Nc2ccc(N(CCO)CCO)cc2)cc1Nc1ccc(N(CCO)CCO)cc1. The third-order valence-electron chi connectivity index (χ3n) is 6.01. The quantitative estimate of drug-likeness (QED) is 0.112. The highest BCUT2D eigenvalue weighted by Crippen LogP contribution is 2.39. The van der Waals surface area contributed by atoms with E-state index in [1.165, 1.54) is 6.07 Å². The van der Waals surface area contributed by atoms with Crippen molar-refractivity contribution in [3.8, 4) is 0 Å². The predicted molar refractivity (Wildman–Crippen MR) is 152 cm³/mol. The largest absolute Gasteiger partial charge is 0.395 e. The van der Waals surface area contributed by atoms with Gasteiger partial charge in [0.25, 0.3) is 11.4 Å². The van der Waals surface area contributed by atoms with E-state index in [9.17, 15) is 40.7 Å². The lowest BCUT2D eigenvalue weighted by Gasteiger charge is -2.23. The van der Waals surface area contributed by atoms with Gasteiger partial charge in [0.1, 0.15) is 11.4 Å². The fourth-order valence-electron chi connectivity index (χ4n) is 4.12. The Morgan fingerprint density at radius 3 is 1.18 bits per heavy atom. The van der Waals surface area contributed by atoms with E-state index in [0.29, 0.717) is 37.6 Å². The number of nitrogens with one attached hydrogen (secondary N) is 2. The number of nitro benzene ring substituents is 2. The Morgan fingerprint density at radius 2 is 0.900 bits per heavy atom. The molecule has 40 heavy (non-hydrogen) atoms. The first kappa shape index (κ1) is 30.0. The van der Waals surface area contributed by atoms with Gasteiger partial charge in [0.15, 0.2) is 0 Å². The molecule has 3 aromatic carbocycles. The molecule has 0 atom stereocenters. The van der Waals surface area contributed by atoms with Crippen LogP contribution in [0.2, 0.25) is 0 Å². The number of aliphatic hydroxyl groups excluding tert-OH is 4. The molecule has 0 saturated heterocycles. The molecule has 0 aromatic heterocycles. The minimum absolute atomic E-state index is 0.0297. The smallest absolute Gasteiger partial charge is 0.299 e. The summed E-state index contributed by atoms with van der Waals surface area (Å²) in [6.45, 7) is 0.870. The molecule has 0 radical (unpaired) electrons. The van der Waals surface area contributed by atoms with Crippen molar-refractivity contribution in [1.29, 1.82) is 0 Å². The van der Waals surface area contributed by atoms with Crippen molar-refractivity contribution in [2.24, 2.45) is 0 Å². The van der Waals surface area contributed by atoms with Crippen molar-refractivity contribution in [3.05, 3.63) is 80.9 Å². The van der Waals surface area contributed by atoms with Crippen LogP contribution >= 0.6 is 0 Å². The van der Waals surface area contributed by atoms with Gasteiger partial charge >= 0.3 is 0 Å². The molecule has 214 valence electrons. The molecule has 0 bridgehead atoms. The van der Waals surface area contributed by atoms with Crippen LogP contribution in [0.1, 0.15) is 0 Å². The third-order valence-corrected chi connectivity index (χ3v) is 6.01. The highest BCUT2D eigenvalue weighted by Gasteiger charge is 2.25. The second-order valence-electron chi connectivity index (χ2n) is 8.61. The molecule has 0 aliphatic rings. The van der Waals surface area contributed by atoms with Crippen molar-refractivity contribution >= 4 is 45.5 Å². The van der Waals surface area contributed by atoms with Gasteiger partial charge in [-0.05, 0) is 54.6 Å². The predicted octanol–water partition coefficient (Wildman–Crippen LogP) is 2.57. The summed E-state index contributed by atoms with van der Waals surface area (Å²) in [4.78, 5) is 25.7. The molecule has 0 fully saturated rings. The third kappa shape index (κ3) is 7.77. The Morgan fingerprint density at radius 1 is 0.575 bits per heavy atom. The first-order valence-electron chi connectivity index (χ1n) is 12.5. The normalized spacial score (nSPS) is 10.7. The molecule has 3 aromatic rings. The summed E-state index contributed by atoms with van der Waals surface area (Å²) in [5, 5.41) is 66.5. The second kappa shape index (κ2) is 14.6. The van der Waals surface area contributed by atoms with Gasteiger partial charge in [0.05, 0.1) is 42.3 Å². The zero-order valence-electron chi connectivity index (χ0n) is 21.6. The van der Waals surface area contributed by atoms with E-state index < -0.39 is 21.2 Å². The van der Waals surface area contributed by atoms with Crippen LogP contribution in [0.4, 0.5) is 45.5 Å². The Kier molecular flexibility index (Phi) is 11.0. The van der Waals surface area contributed by atoms with Gasteiger partial charge in [0, 0.05) is 48.9 Å². The van der Waals surface area contributed by atoms with Crippen LogP contribution < -0.4 is 20.4 Å². The topological polar surface area (TPSA) is 198 Å². The molecular weight excluding hydrogens is 524 g/mol. The fourth-order valence-corrected chi connectivity index (χ4v) is 4.12. The zero-order chi connectivity index (χ0) is 29.1. The number of rotatable bonds is 16. The number of nitro groups is 2. The van der Waals surface area contributed by atoms with E-state index in [1.54, 1.807) is 58.3 Å². The number of aliphatic hydroxyl groups is 4. The highest BCUT2D eigenvalue weighted by atomic mass is 16.6. The van der Waals surface area contributed by atoms with Crippen LogP contribution in [-0.4, -0.2) is 82.9 Å². The Hall–Kier alpha value is -4.50. The summed E-state index contributed by atoms with van der Waals surface area (Å²) in [5.74, 6) is 0. The summed E-state index contributed by atoms with van der Waals surface area (Å²) >= 11 is 0. The second-order valence-corrected chi connectivity index (χ2v) is 8.61. The van der Waals surface area contributed by atoms with Gasteiger partial charge in [-0.15, -0.1) is 0 Å². The highest BCUT2D eigenvalue weighted by molar-refractivity contribution is 5.82. The molecule has 0 amide bonds. The molecular formula is C26H32N6O8. The van der Waals surface area contributed by atoms with E-state index in [1.807, 2.05) is 0 Å². The molecule has 0 heterocycles. The van der Waals surface area contributed by atoms with Gasteiger partial charge in [-0.1, -0.05) is 0 Å². The lowest BCUT2D eigenvalue weighted by molar-refractivity contribution is -0.393. The zero-order valence-corrected chi connectivity index (χ0v) is 21.6. The van der Waals surface area contributed by atoms with Gasteiger partial charge in [-0.25, -0.2) is 0 Å². The summed E-state index contributed by atoms with van der Waals surface area (Å²) < 4.78 is 0.